The molecule has 1 atom stereocenters. The van der Waals surface area contributed by atoms with Crippen LogP contribution in [0.5, 0.6) is 5.75 Å². The zero-order valence-corrected chi connectivity index (χ0v) is 25.0. The summed E-state index contributed by atoms with van der Waals surface area (Å²) in [5, 5.41) is 3.52. The van der Waals surface area contributed by atoms with E-state index in [9.17, 15) is 4.39 Å². The lowest BCUT2D eigenvalue weighted by Gasteiger charge is -2.33. The van der Waals surface area contributed by atoms with E-state index in [1.165, 1.54) is 17.8 Å². The first-order valence-corrected chi connectivity index (χ1v) is 14.7. The maximum absolute atomic E-state index is 13.9. The minimum Gasteiger partial charge on any atom is -0.496 e. The van der Waals surface area contributed by atoms with Crippen molar-refractivity contribution in [2.24, 2.45) is 4.99 Å². The number of nitrogens with zero attached hydrogens (tertiary/aromatic N) is 5. The molecule has 2 aromatic carbocycles. The van der Waals surface area contributed by atoms with Gasteiger partial charge < -0.3 is 19.3 Å². The van der Waals surface area contributed by atoms with E-state index in [2.05, 4.69) is 50.9 Å². The summed E-state index contributed by atoms with van der Waals surface area (Å²) in [6.07, 6.45) is 9.60. The zero-order chi connectivity index (χ0) is 29.5. The first kappa shape index (κ1) is 29.5. The van der Waals surface area contributed by atoms with Crippen LogP contribution in [-0.2, 0) is 17.7 Å². The van der Waals surface area contributed by atoms with E-state index in [4.69, 9.17) is 14.5 Å². The second-order valence-corrected chi connectivity index (χ2v) is 10.6. The number of hydrogen-bond acceptors (Lipinski definition) is 7. The van der Waals surface area contributed by atoms with Gasteiger partial charge in [0.2, 0.25) is 0 Å². The highest BCUT2D eigenvalue weighted by Gasteiger charge is 2.31. The van der Waals surface area contributed by atoms with Crippen LogP contribution in [0.3, 0.4) is 0 Å². The molecule has 0 bridgehead atoms. The first-order valence-electron chi connectivity index (χ1n) is 14.7. The number of hydrogen-bond donors (Lipinski definition) is 1. The number of para-hydroxylation sites is 1. The van der Waals surface area contributed by atoms with E-state index in [1.54, 1.807) is 14.2 Å². The van der Waals surface area contributed by atoms with Gasteiger partial charge in [0.05, 0.1) is 24.2 Å². The van der Waals surface area contributed by atoms with Gasteiger partial charge in [-0.25, -0.2) is 9.37 Å². The number of rotatable bonds is 13. The van der Waals surface area contributed by atoms with E-state index in [0.717, 1.165) is 78.6 Å². The predicted octanol–water partition coefficient (Wildman–Crippen LogP) is 5.62. The van der Waals surface area contributed by atoms with Crippen LogP contribution in [0.25, 0.3) is 22.7 Å². The van der Waals surface area contributed by atoms with Crippen LogP contribution < -0.4 is 10.1 Å². The van der Waals surface area contributed by atoms with Crippen molar-refractivity contribution in [2.75, 3.05) is 41.0 Å². The average Bonchev–Trinajstić information content (AvgIpc) is 3.57. The molecule has 8 nitrogen and oxygen atoms in total. The number of ether oxygens (including phenoxy) is 2. The lowest BCUT2D eigenvalue weighted by atomic mass is 10.1. The van der Waals surface area contributed by atoms with E-state index in [0.29, 0.717) is 13.2 Å². The summed E-state index contributed by atoms with van der Waals surface area (Å²) in [7, 11) is 5.51. The smallest absolute Gasteiger partial charge is 0.175 e. The number of aryl methyl sites for hydroxylation is 1. The Bertz CT molecular complexity index is 1450. The molecule has 0 fully saturated rings. The molecule has 1 unspecified atom stereocenters. The monoisotopic (exact) mass is 572 g/mol. The second-order valence-electron chi connectivity index (χ2n) is 10.6. The molecule has 0 radical (unpaired) electrons. The summed E-state index contributed by atoms with van der Waals surface area (Å²) in [4.78, 5) is 14.3. The number of halogens is 1. The molecule has 5 rings (SSSR count). The minimum atomic E-state index is -0.263. The molecule has 2 aliphatic heterocycles. The lowest BCUT2D eigenvalue weighted by Crippen LogP contribution is -2.43. The number of benzene rings is 2. The third-order valence-electron chi connectivity index (χ3n) is 7.67. The summed E-state index contributed by atoms with van der Waals surface area (Å²) in [5.74, 6) is 1.61. The molecule has 1 N–H and O–H groups in total. The maximum Gasteiger partial charge on any atom is 0.175 e. The normalized spacial score (nSPS) is 17.1. The number of allylic oxidation sites excluding steroid dienone is 2. The molecule has 0 aliphatic carbocycles. The lowest BCUT2D eigenvalue weighted by molar-refractivity contribution is 0.182. The summed E-state index contributed by atoms with van der Waals surface area (Å²) in [6, 6.07) is 14.8. The fourth-order valence-corrected chi connectivity index (χ4v) is 5.58. The Balaban J connectivity index is 1.58. The SMILES string of the molecule is CCCNC1N=CC=C(c2c(-c3ccc(F)cc3)nc3n2/C(=C/N(CCCOC)Cc2ccccc2OC)CC3)N1C. The Hall–Kier alpha value is -3.95. The van der Waals surface area contributed by atoms with Gasteiger partial charge in [-0.3, -0.25) is 14.9 Å². The molecule has 9 heteroatoms. The van der Waals surface area contributed by atoms with Gasteiger partial charge in [-0.2, -0.15) is 0 Å². The number of fused-ring (bicyclic) bond motifs is 1. The molecule has 42 heavy (non-hydrogen) atoms. The van der Waals surface area contributed by atoms with Crippen molar-refractivity contribution in [1.29, 1.82) is 0 Å². The number of imidazole rings is 1. The van der Waals surface area contributed by atoms with Crippen LogP contribution >= 0.6 is 0 Å². The van der Waals surface area contributed by atoms with Gasteiger partial charge in [-0.15, -0.1) is 0 Å². The van der Waals surface area contributed by atoms with Crippen LogP contribution in [0, 0.1) is 5.82 Å². The average molecular weight is 573 g/mol. The van der Waals surface area contributed by atoms with E-state index < -0.39 is 0 Å². The summed E-state index contributed by atoms with van der Waals surface area (Å²) in [5.41, 5.74) is 6.03. The van der Waals surface area contributed by atoms with Crippen molar-refractivity contribution in [3.8, 4) is 17.0 Å². The summed E-state index contributed by atoms with van der Waals surface area (Å²) in [6.45, 7) is 5.23. The molecule has 3 aromatic rings. The predicted molar refractivity (Wildman–Crippen MR) is 166 cm³/mol. The molecular formula is C33H41FN6O2. The van der Waals surface area contributed by atoms with Crippen molar-refractivity contribution >= 4 is 17.6 Å². The molecule has 0 spiro atoms. The summed E-state index contributed by atoms with van der Waals surface area (Å²) >= 11 is 0. The largest absolute Gasteiger partial charge is 0.496 e. The molecule has 222 valence electrons. The summed E-state index contributed by atoms with van der Waals surface area (Å²) < 4.78 is 27.2. The van der Waals surface area contributed by atoms with Crippen molar-refractivity contribution in [2.45, 2.75) is 45.4 Å². The molecule has 0 saturated carbocycles. The molecule has 0 amide bonds. The molecule has 1 aromatic heterocycles. The molecule has 2 aliphatic rings. The highest BCUT2D eigenvalue weighted by Crippen LogP contribution is 2.39. The fourth-order valence-electron chi connectivity index (χ4n) is 5.58. The molecular weight excluding hydrogens is 531 g/mol. The van der Waals surface area contributed by atoms with Crippen LogP contribution in [0.15, 0.2) is 65.8 Å². The second kappa shape index (κ2) is 13.8. The van der Waals surface area contributed by atoms with Gasteiger partial charge in [0.1, 0.15) is 17.4 Å². The highest BCUT2D eigenvalue weighted by molar-refractivity contribution is 5.90. The number of methoxy groups -OCH3 is 2. The minimum absolute atomic E-state index is 0.179. The fraction of sp³-hybridized carbons (Fsp3) is 0.394. The van der Waals surface area contributed by atoms with Gasteiger partial charge >= 0.3 is 0 Å². The van der Waals surface area contributed by atoms with Crippen LogP contribution in [0.4, 0.5) is 4.39 Å². The Kier molecular flexibility index (Phi) is 9.71. The topological polar surface area (TPSA) is 67.2 Å². The van der Waals surface area contributed by atoms with Gasteiger partial charge in [-0.05, 0) is 62.2 Å². The van der Waals surface area contributed by atoms with Gasteiger partial charge in [0, 0.05) is 69.5 Å². The molecule has 0 saturated heterocycles. The van der Waals surface area contributed by atoms with Crippen LogP contribution in [0.1, 0.15) is 43.3 Å². The number of aliphatic imine (C=N–C) groups is 1. The number of aromatic nitrogens is 2. The van der Waals surface area contributed by atoms with Crippen molar-refractivity contribution in [1.82, 2.24) is 24.7 Å². The highest BCUT2D eigenvalue weighted by atomic mass is 19.1. The zero-order valence-electron chi connectivity index (χ0n) is 25.0. The van der Waals surface area contributed by atoms with E-state index in [-0.39, 0.29) is 12.1 Å². The van der Waals surface area contributed by atoms with Crippen LogP contribution in [-0.4, -0.2) is 72.8 Å². The number of nitrogens with one attached hydrogen (secondary N) is 1. The van der Waals surface area contributed by atoms with Crippen molar-refractivity contribution < 1.29 is 13.9 Å². The van der Waals surface area contributed by atoms with Crippen molar-refractivity contribution in [3.63, 3.8) is 0 Å². The molecule has 3 heterocycles. The Morgan fingerprint density at radius 1 is 1.12 bits per heavy atom. The van der Waals surface area contributed by atoms with E-state index in [1.807, 2.05) is 42.6 Å². The first-order chi connectivity index (χ1) is 20.5. The Morgan fingerprint density at radius 2 is 1.93 bits per heavy atom. The van der Waals surface area contributed by atoms with Gasteiger partial charge in [-0.1, -0.05) is 25.1 Å². The third kappa shape index (κ3) is 6.42. The van der Waals surface area contributed by atoms with Crippen molar-refractivity contribution in [3.05, 3.63) is 83.7 Å². The van der Waals surface area contributed by atoms with E-state index >= 15 is 0 Å². The maximum atomic E-state index is 13.9. The third-order valence-corrected chi connectivity index (χ3v) is 7.67. The Labute approximate surface area is 248 Å². The Morgan fingerprint density at radius 3 is 2.69 bits per heavy atom. The quantitative estimate of drug-likeness (QED) is 0.268. The van der Waals surface area contributed by atoms with Crippen LogP contribution in [0.2, 0.25) is 0 Å². The van der Waals surface area contributed by atoms with Gasteiger partial charge in [0.15, 0.2) is 6.29 Å². The standard InChI is InChI=1S/C33H41FN6O2/c1-5-18-35-33-36-19-17-28(38(33)2)32-31(24-11-13-26(34)14-12-24)37-30-16-15-27(40(30)32)23-39(20-8-21-41-3)22-25-9-6-7-10-29(25)42-4/h6-7,9-14,17,19,23,33,35H,5,8,15-16,18,20-22H2,1-4H3/b27-23+. The van der Waals surface area contributed by atoms with Gasteiger partial charge in [0.25, 0.3) is 0 Å².